The Hall–Kier alpha value is -1.94. The number of rotatable bonds is 13. The first-order valence-electron chi connectivity index (χ1n) is 8.84. The van der Waals surface area contributed by atoms with Gasteiger partial charge in [-0.1, -0.05) is 74.9 Å². The van der Waals surface area contributed by atoms with Gasteiger partial charge in [-0.25, -0.2) is 0 Å². The number of hydrogen-bond acceptors (Lipinski definition) is 3. The average Bonchev–Trinajstić information content (AvgIpc) is 2.58. The number of carboxylic acid groups (broad SMARTS) is 1. The molecule has 4 nitrogen and oxygen atoms in total. The van der Waals surface area contributed by atoms with Gasteiger partial charge >= 0.3 is 5.97 Å². The van der Waals surface area contributed by atoms with Crippen molar-refractivity contribution in [2.24, 2.45) is 5.73 Å². The minimum Gasteiger partial charge on any atom is -0.481 e. The highest BCUT2D eigenvalue weighted by Crippen LogP contribution is 2.11. The Morgan fingerprint density at radius 3 is 2.17 bits per heavy atom. The number of benzene rings is 1. The topological polar surface area (TPSA) is 80.4 Å². The molecule has 0 aliphatic heterocycles. The summed E-state index contributed by atoms with van der Waals surface area (Å²) in [6.45, 7) is 0. The molecule has 0 saturated carbocycles. The third-order valence-corrected chi connectivity index (χ3v) is 4.01. The zero-order valence-corrected chi connectivity index (χ0v) is 14.3. The monoisotopic (exact) mass is 331 g/mol. The average molecular weight is 331 g/mol. The van der Waals surface area contributed by atoms with Crippen LogP contribution in [0.15, 0.2) is 36.4 Å². The van der Waals surface area contributed by atoms with Crippen LogP contribution in [0.2, 0.25) is 0 Å². The van der Waals surface area contributed by atoms with Crippen molar-refractivity contribution in [3.63, 3.8) is 0 Å². The molecule has 132 valence electrons. The molecule has 0 spiro atoms. The van der Waals surface area contributed by atoms with Gasteiger partial charge in [0.15, 0.2) is 5.78 Å². The molecule has 0 amide bonds. The summed E-state index contributed by atoms with van der Waals surface area (Å²) in [4.78, 5) is 22.3. The number of aliphatic carboxylic acids is 1. The van der Waals surface area contributed by atoms with Crippen LogP contribution >= 0.6 is 0 Å². The van der Waals surface area contributed by atoms with Gasteiger partial charge in [0, 0.05) is 6.42 Å². The maximum Gasteiger partial charge on any atom is 0.303 e. The first-order valence-corrected chi connectivity index (χ1v) is 8.84. The number of carboxylic acids is 1. The van der Waals surface area contributed by atoms with Gasteiger partial charge < -0.3 is 10.8 Å². The second-order valence-electron chi connectivity index (χ2n) is 6.16. The van der Waals surface area contributed by atoms with E-state index in [1.165, 1.54) is 0 Å². The fraction of sp³-hybridized carbons (Fsp3) is 0.500. The summed E-state index contributed by atoms with van der Waals surface area (Å²) >= 11 is 0. The molecule has 0 aliphatic carbocycles. The predicted octanol–water partition coefficient (Wildman–Crippen LogP) is 4.19. The fourth-order valence-electron chi connectivity index (χ4n) is 2.53. The summed E-state index contributed by atoms with van der Waals surface area (Å²) in [7, 11) is 0. The number of carbonyl (C=O) groups excluding carboxylic acids is 1. The molecule has 3 N–H and O–H groups in total. The standard InChI is InChI=1S/C20H29NO3/c21-18(19(22)16-15-17-11-7-6-8-12-17)13-9-4-2-1-3-5-10-14-20(23)24/h6-8,11-12,15-16,18H,1-5,9-10,13-14,21H2,(H,23,24). The lowest BCUT2D eigenvalue weighted by molar-refractivity contribution is -0.137. The maximum atomic E-state index is 11.9. The van der Waals surface area contributed by atoms with Gasteiger partial charge in [0.25, 0.3) is 0 Å². The lowest BCUT2D eigenvalue weighted by Gasteiger charge is -2.07. The highest BCUT2D eigenvalue weighted by Gasteiger charge is 2.09. The predicted molar refractivity (Wildman–Crippen MR) is 97.6 cm³/mol. The van der Waals surface area contributed by atoms with Gasteiger partial charge in [0.1, 0.15) is 0 Å². The van der Waals surface area contributed by atoms with Crippen LogP contribution < -0.4 is 5.73 Å². The van der Waals surface area contributed by atoms with Crippen molar-refractivity contribution in [2.75, 3.05) is 0 Å². The highest BCUT2D eigenvalue weighted by molar-refractivity contribution is 5.97. The second-order valence-corrected chi connectivity index (χ2v) is 6.16. The minimum absolute atomic E-state index is 0.0208. The third-order valence-electron chi connectivity index (χ3n) is 4.01. The molecule has 0 aromatic heterocycles. The minimum atomic E-state index is -0.713. The molecular formula is C20H29NO3. The Labute approximate surface area is 144 Å². The van der Waals surface area contributed by atoms with E-state index in [2.05, 4.69) is 0 Å². The lowest BCUT2D eigenvalue weighted by Crippen LogP contribution is -2.28. The van der Waals surface area contributed by atoms with E-state index in [9.17, 15) is 9.59 Å². The summed E-state index contributed by atoms with van der Waals surface area (Å²) < 4.78 is 0. The van der Waals surface area contributed by atoms with Crippen molar-refractivity contribution in [1.29, 1.82) is 0 Å². The van der Waals surface area contributed by atoms with Crippen LogP contribution in [0.5, 0.6) is 0 Å². The van der Waals surface area contributed by atoms with E-state index in [0.717, 1.165) is 56.9 Å². The summed E-state index contributed by atoms with van der Waals surface area (Å²) in [6, 6.07) is 9.30. The lowest BCUT2D eigenvalue weighted by atomic mass is 10.0. The van der Waals surface area contributed by atoms with E-state index in [1.54, 1.807) is 12.2 Å². The molecule has 0 aliphatic rings. The molecule has 1 aromatic carbocycles. The van der Waals surface area contributed by atoms with Gasteiger partial charge in [-0.3, -0.25) is 9.59 Å². The van der Waals surface area contributed by atoms with Crippen molar-refractivity contribution >= 4 is 17.8 Å². The summed E-state index contributed by atoms with van der Waals surface area (Å²) in [5.74, 6) is -0.734. The Bertz CT molecular complexity index is 511. The van der Waals surface area contributed by atoms with Crippen LogP contribution in [-0.4, -0.2) is 22.9 Å². The fourth-order valence-corrected chi connectivity index (χ4v) is 2.53. The Morgan fingerprint density at radius 2 is 1.54 bits per heavy atom. The van der Waals surface area contributed by atoms with Crippen LogP contribution in [-0.2, 0) is 9.59 Å². The summed E-state index contributed by atoms with van der Waals surface area (Å²) in [6.07, 6.45) is 11.5. The number of unbranched alkanes of at least 4 members (excludes halogenated alkanes) is 6. The van der Waals surface area contributed by atoms with Crippen LogP contribution in [0.3, 0.4) is 0 Å². The van der Waals surface area contributed by atoms with Crippen LogP contribution in [0.1, 0.15) is 63.4 Å². The Morgan fingerprint density at radius 1 is 0.958 bits per heavy atom. The van der Waals surface area contributed by atoms with E-state index in [4.69, 9.17) is 10.8 Å². The van der Waals surface area contributed by atoms with Crippen molar-refractivity contribution in [3.05, 3.63) is 42.0 Å². The third kappa shape index (κ3) is 9.95. The smallest absolute Gasteiger partial charge is 0.303 e. The number of nitrogens with two attached hydrogens (primary N) is 1. The zero-order chi connectivity index (χ0) is 17.6. The van der Waals surface area contributed by atoms with E-state index in [-0.39, 0.29) is 12.2 Å². The molecule has 1 atom stereocenters. The normalized spacial score (nSPS) is 12.4. The Balaban J connectivity index is 2.05. The zero-order valence-electron chi connectivity index (χ0n) is 14.3. The Kier molecular flexibility index (Phi) is 10.5. The number of ketones is 1. The highest BCUT2D eigenvalue weighted by atomic mass is 16.4. The van der Waals surface area contributed by atoms with Crippen molar-refractivity contribution in [2.45, 2.75) is 63.8 Å². The molecule has 0 bridgehead atoms. The van der Waals surface area contributed by atoms with Crippen molar-refractivity contribution in [1.82, 2.24) is 0 Å². The first kappa shape index (κ1) is 20.1. The number of hydrogen-bond donors (Lipinski definition) is 2. The van der Waals surface area contributed by atoms with Gasteiger partial charge in [0.05, 0.1) is 6.04 Å². The molecule has 24 heavy (non-hydrogen) atoms. The van der Waals surface area contributed by atoms with E-state index in [1.807, 2.05) is 30.3 Å². The van der Waals surface area contributed by atoms with Gasteiger partial charge in [-0.05, 0) is 24.5 Å². The molecular weight excluding hydrogens is 302 g/mol. The van der Waals surface area contributed by atoms with E-state index in [0.29, 0.717) is 0 Å². The maximum absolute atomic E-state index is 11.9. The summed E-state index contributed by atoms with van der Waals surface area (Å²) in [5.41, 5.74) is 6.93. The second kappa shape index (κ2) is 12.5. The van der Waals surface area contributed by atoms with Gasteiger partial charge in [0.2, 0.25) is 0 Å². The number of carbonyl (C=O) groups is 2. The quantitative estimate of drug-likeness (QED) is 0.419. The molecule has 1 rings (SSSR count). The van der Waals surface area contributed by atoms with Gasteiger partial charge in [-0.15, -0.1) is 0 Å². The van der Waals surface area contributed by atoms with E-state index >= 15 is 0 Å². The molecule has 0 radical (unpaired) electrons. The molecule has 1 aromatic rings. The largest absolute Gasteiger partial charge is 0.481 e. The van der Waals surface area contributed by atoms with Crippen molar-refractivity contribution in [3.8, 4) is 0 Å². The summed E-state index contributed by atoms with van der Waals surface area (Å²) in [5, 5.41) is 8.54. The molecule has 0 fully saturated rings. The molecule has 0 saturated heterocycles. The first-order chi connectivity index (χ1) is 11.6. The van der Waals surface area contributed by atoms with E-state index < -0.39 is 12.0 Å². The SMILES string of the molecule is NC(CCCCCCCCCC(=O)O)C(=O)C=Cc1ccccc1. The van der Waals surface area contributed by atoms with Crippen molar-refractivity contribution < 1.29 is 14.7 Å². The van der Waals surface area contributed by atoms with Gasteiger partial charge in [-0.2, -0.15) is 0 Å². The van der Waals surface area contributed by atoms with Crippen LogP contribution in [0.4, 0.5) is 0 Å². The molecule has 1 unspecified atom stereocenters. The van der Waals surface area contributed by atoms with Crippen LogP contribution in [0.25, 0.3) is 6.08 Å². The van der Waals surface area contributed by atoms with Crippen LogP contribution in [0, 0.1) is 0 Å². The molecule has 0 heterocycles. The molecule has 4 heteroatoms.